The van der Waals surface area contributed by atoms with E-state index in [-0.39, 0.29) is 6.61 Å². The Morgan fingerprint density at radius 1 is 1.67 bits per heavy atom. The summed E-state index contributed by atoms with van der Waals surface area (Å²) in [7, 11) is 0. The van der Waals surface area contributed by atoms with Crippen molar-refractivity contribution < 1.29 is 14.9 Å². The summed E-state index contributed by atoms with van der Waals surface area (Å²) in [4.78, 5) is 2.52. The first-order valence-electron chi connectivity index (χ1n) is 3.45. The maximum atomic E-state index is 9.26. The molecule has 2 N–H and O–H groups in total. The van der Waals surface area contributed by atoms with Crippen LogP contribution in [0.25, 0.3) is 10.4 Å². The van der Waals surface area contributed by atoms with Crippen LogP contribution in [0.15, 0.2) is 5.11 Å². The number of hydrogen-bond acceptors (Lipinski definition) is 4. The van der Waals surface area contributed by atoms with Gasteiger partial charge in [-0.05, 0) is 12.5 Å². The van der Waals surface area contributed by atoms with Crippen LogP contribution in [0.4, 0.5) is 0 Å². The summed E-state index contributed by atoms with van der Waals surface area (Å²) in [6, 6.07) is -0.796. The number of nitrogens with zero attached hydrogens (tertiary/aromatic N) is 3. The van der Waals surface area contributed by atoms with Gasteiger partial charge in [-0.2, -0.15) is 0 Å². The predicted octanol–water partition coefficient (Wildman–Crippen LogP) is -0.503. The van der Waals surface area contributed by atoms with E-state index >= 15 is 0 Å². The fourth-order valence-electron chi connectivity index (χ4n) is 1.13. The molecule has 0 aliphatic carbocycles. The highest BCUT2D eigenvalue weighted by Crippen LogP contribution is 2.23. The van der Waals surface area contributed by atoms with Gasteiger partial charge in [-0.25, -0.2) is 0 Å². The highest BCUT2D eigenvalue weighted by Gasteiger charge is 2.40. The molecule has 1 aliphatic rings. The van der Waals surface area contributed by atoms with Crippen molar-refractivity contribution in [1.82, 2.24) is 0 Å². The van der Waals surface area contributed by atoms with Gasteiger partial charge in [0.2, 0.25) is 0 Å². The Hall–Kier alpha value is -0.810. The van der Waals surface area contributed by atoms with E-state index in [4.69, 9.17) is 22.3 Å². The molecule has 6 heteroatoms. The average Bonchev–Trinajstić information content (AvgIpc) is 2.33. The van der Waals surface area contributed by atoms with E-state index in [1.807, 2.05) is 0 Å². The van der Waals surface area contributed by atoms with Crippen LogP contribution in [0.5, 0.6) is 0 Å². The topological polar surface area (TPSA) is 98.5 Å². The van der Waals surface area contributed by atoms with Crippen molar-refractivity contribution in [3.8, 4) is 0 Å². The lowest BCUT2D eigenvalue weighted by Crippen LogP contribution is -2.31. The first-order valence-corrected chi connectivity index (χ1v) is 3.45. The monoisotopic (exact) mass is 171 g/mol. The molecule has 0 spiro atoms. The summed E-state index contributed by atoms with van der Waals surface area (Å²) < 4.78 is 4.90. The van der Waals surface area contributed by atoms with Gasteiger partial charge < -0.3 is 14.9 Å². The lowest BCUT2D eigenvalue weighted by atomic mass is 10.1. The maximum absolute atomic E-state index is 9.26. The molecule has 1 heterocycles. The van der Waals surface area contributed by atoms with Gasteiger partial charge in [0.15, 0.2) is 0 Å². The van der Waals surface area contributed by atoms with Crippen LogP contribution in [0.1, 0.15) is 0 Å². The van der Waals surface area contributed by atoms with Crippen LogP contribution in [0.2, 0.25) is 0 Å². The molecule has 6 nitrogen and oxygen atoms in total. The van der Waals surface area contributed by atoms with Crippen LogP contribution in [0.3, 0.4) is 0 Å². The molecule has 1 fully saturated rings. The van der Waals surface area contributed by atoms with Crippen LogP contribution in [-0.2, 0) is 4.74 Å². The molecule has 0 saturated carbocycles. The fraction of sp³-hybridized carbons (Fsp3) is 0.833. The van der Waals surface area contributed by atoms with Gasteiger partial charge in [-0.3, -0.25) is 0 Å². The molecule has 0 aromatic rings. The summed E-state index contributed by atoms with van der Waals surface area (Å²) in [5.41, 5.74) is 8.11. The summed E-state index contributed by atoms with van der Waals surface area (Å²) in [6.45, 7) is 4.97. The second-order valence-electron chi connectivity index (χ2n) is 2.51. The lowest BCUT2D eigenvalue weighted by Gasteiger charge is -2.11. The highest BCUT2D eigenvalue weighted by atomic mass is 16.5. The van der Waals surface area contributed by atoms with Gasteiger partial charge >= 0.3 is 0 Å². The van der Waals surface area contributed by atoms with Gasteiger partial charge in [0, 0.05) is 4.91 Å². The molecule has 4 atom stereocenters. The Balaban J connectivity index is 2.72. The van der Waals surface area contributed by atoms with Crippen molar-refractivity contribution in [2.45, 2.75) is 24.4 Å². The molecule has 0 aromatic heterocycles. The molecule has 66 valence electrons. The third-order valence-corrected chi connectivity index (χ3v) is 1.76. The minimum absolute atomic E-state index is 0.325. The molecule has 1 unspecified atom stereocenters. The van der Waals surface area contributed by atoms with Crippen LogP contribution in [0, 0.1) is 6.92 Å². The second kappa shape index (κ2) is 3.73. The molecular formula is C6H9N3O3. The second-order valence-corrected chi connectivity index (χ2v) is 2.51. The molecule has 0 amide bonds. The van der Waals surface area contributed by atoms with Gasteiger partial charge in [-0.15, -0.1) is 0 Å². The largest absolute Gasteiger partial charge is 0.394 e. The Kier molecular flexibility index (Phi) is 2.88. The molecule has 0 aromatic carbocycles. The Bertz CT molecular complexity index is 204. The third-order valence-electron chi connectivity index (χ3n) is 1.76. The fourth-order valence-corrected chi connectivity index (χ4v) is 1.13. The molecule has 1 rings (SSSR count). The van der Waals surface area contributed by atoms with E-state index < -0.39 is 24.4 Å². The van der Waals surface area contributed by atoms with Crippen LogP contribution in [-0.4, -0.2) is 41.2 Å². The van der Waals surface area contributed by atoms with Gasteiger partial charge in [-0.1, -0.05) is 5.11 Å². The third kappa shape index (κ3) is 1.51. The smallest absolute Gasteiger partial charge is 0.0943 e. The zero-order valence-electron chi connectivity index (χ0n) is 6.24. The van der Waals surface area contributed by atoms with E-state index in [2.05, 4.69) is 10.0 Å². The van der Waals surface area contributed by atoms with Gasteiger partial charge in [0.05, 0.1) is 31.0 Å². The van der Waals surface area contributed by atoms with Gasteiger partial charge in [0.25, 0.3) is 0 Å². The number of azide groups is 1. The van der Waals surface area contributed by atoms with Crippen molar-refractivity contribution in [3.05, 3.63) is 17.4 Å². The summed E-state index contributed by atoms with van der Waals surface area (Å²) >= 11 is 0. The zero-order valence-corrected chi connectivity index (χ0v) is 6.24. The highest BCUT2D eigenvalue weighted by molar-refractivity contribution is 4.96. The Morgan fingerprint density at radius 3 is 2.83 bits per heavy atom. The maximum Gasteiger partial charge on any atom is 0.0943 e. The molecule has 12 heavy (non-hydrogen) atoms. The molecule has 2 radical (unpaired) electrons. The van der Waals surface area contributed by atoms with E-state index in [1.165, 1.54) is 0 Å². The molecular weight excluding hydrogens is 162 g/mol. The summed E-state index contributed by atoms with van der Waals surface area (Å²) in [6.07, 6.45) is -2.64. The molecule has 1 aliphatic heterocycles. The average molecular weight is 171 g/mol. The number of aliphatic hydroxyl groups is 2. The van der Waals surface area contributed by atoms with E-state index in [9.17, 15) is 5.11 Å². The normalized spacial score (nSPS) is 40.9. The quantitative estimate of drug-likeness (QED) is 0.332. The van der Waals surface area contributed by atoms with E-state index in [1.54, 1.807) is 0 Å². The molecule has 0 bridgehead atoms. The predicted molar refractivity (Wildman–Crippen MR) is 39.0 cm³/mol. The standard InChI is InChI=1S/C6H9N3O3/c1-3-6(11)5(8-9-7)4(2-10)12-3/h1,3-6,10-11H,2H2/t3-,4+,5-,6?/m0/s1. The minimum Gasteiger partial charge on any atom is -0.394 e. The van der Waals surface area contributed by atoms with E-state index in [0.717, 1.165) is 0 Å². The van der Waals surface area contributed by atoms with Crippen molar-refractivity contribution in [2.24, 2.45) is 5.11 Å². The van der Waals surface area contributed by atoms with E-state index in [0.29, 0.717) is 0 Å². The Morgan fingerprint density at radius 2 is 2.33 bits per heavy atom. The SMILES string of the molecule is [CH][C@@H]1O[C@H](CO)[C@H](N=[N+]=[N-])C1O. The lowest BCUT2D eigenvalue weighted by molar-refractivity contribution is 0.0125. The number of rotatable bonds is 2. The van der Waals surface area contributed by atoms with Gasteiger partial charge in [0.1, 0.15) is 0 Å². The van der Waals surface area contributed by atoms with Crippen LogP contribution >= 0.6 is 0 Å². The first-order chi connectivity index (χ1) is 5.70. The number of ether oxygens (including phenoxy) is 1. The Labute approximate surface area is 69.4 Å². The number of hydrogen-bond donors (Lipinski definition) is 2. The molecule has 1 saturated heterocycles. The minimum atomic E-state index is -1.04. The first kappa shape index (κ1) is 9.28. The van der Waals surface area contributed by atoms with Crippen molar-refractivity contribution in [3.63, 3.8) is 0 Å². The number of aliphatic hydroxyl groups excluding tert-OH is 2. The summed E-state index contributed by atoms with van der Waals surface area (Å²) in [5.74, 6) is 0. The zero-order chi connectivity index (χ0) is 9.14. The van der Waals surface area contributed by atoms with Crippen molar-refractivity contribution >= 4 is 0 Å². The van der Waals surface area contributed by atoms with Crippen LogP contribution < -0.4 is 0 Å². The summed E-state index contributed by atoms with van der Waals surface area (Å²) in [5, 5.41) is 21.3. The van der Waals surface area contributed by atoms with Crippen molar-refractivity contribution in [1.29, 1.82) is 0 Å². The van der Waals surface area contributed by atoms with Crippen molar-refractivity contribution in [2.75, 3.05) is 6.61 Å².